The summed E-state index contributed by atoms with van der Waals surface area (Å²) < 4.78 is 171. The Morgan fingerprint density at radius 1 is 0.429 bits per heavy atom. The molecule has 70 heavy (non-hydrogen) atoms. The fraction of sp³-hybridized carbons (Fsp3) is 1.00. The van der Waals surface area contributed by atoms with Gasteiger partial charge in [-0.25, -0.2) is 12.5 Å². The molecule has 0 bridgehead atoms. The molecular formula is C33H59N3O31S3. The molecule has 37 heteroatoms. The second-order valence-electron chi connectivity index (χ2n) is 16.9. The molecule has 17 N–H and O–H groups in total. The Bertz CT molecular complexity index is 2020. The van der Waals surface area contributed by atoms with E-state index in [0.29, 0.717) is 0 Å². The molecular weight excluding hydrogens is 1030 g/mol. The number of hydrogen-bond donors (Lipinski definition) is 14. The Balaban J connectivity index is 1.05. The summed E-state index contributed by atoms with van der Waals surface area (Å²) in [5.74, 6) is 0. The van der Waals surface area contributed by atoms with E-state index in [-0.39, 0.29) is 13.0 Å². The lowest BCUT2D eigenvalue weighted by Crippen LogP contribution is -2.66. The van der Waals surface area contributed by atoms with E-state index in [1.54, 1.807) is 0 Å². The van der Waals surface area contributed by atoms with Crippen LogP contribution in [0, 0.1) is 0 Å². The van der Waals surface area contributed by atoms with E-state index >= 15 is 0 Å². The van der Waals surface area contributed by atoms with Crippen LogP contribution in [0.1, 0.15) is 19.3 Å². The van der Waals surface area contributed by atoms with Crippen LogP contribution in [0.5, 0.6) is 0 Å². The average molecular weight is 1090 g/mol. The summed E-state index contributed by atoms with van der Waals surface area (Å²) in [5.41, 5.74) is 18.2. The zero-order valence-corrected chi connectivity index (χ0v) is 38.7. The highest BCUT2D eigenvalue weighted by atomic mass is 32.3. The van der Waals surface area contributed by atoms with Crippen LogP contribution in [-0.4, -0.2) is 267 Å². The molecule has 6 aliphatic rings. The maximum atomic E-state index is 11.6. The molecule has 0 aliphatic carbocycles. The van der Waals surface area contributed by atoms with E-state index in [9.17, 15) is 75.2 Å². The predicted molar refractivity (Wildman–Crippen MR) is 214 cm³/mol. The highest BCUT2D eigenvalue weighted by Gasteiger charge is 2.52. The third-order valence-electron chi connectivity index (χ3n) is 11.8. The average Bonchev–Trinajstić information content (AvgIpc) is 3.26. The Kier molecular flexibility index (Phi) is 20.0. The molecule has 24 atom stereocenters. The van der Waals surface area contributed by atoms with E-state index in [1.165, 1.54) is 0 Å². The van der Waals surface area contributed by atoms with Crippen molar-refractivity contribution in [3.05, 3.63) is 0 Å². The predicted octanol–water partition coefficient (Wildman–Crippen LogP) is -9.72. The Morgan fingerprint density at radius 2 is 0.757 bits per heavy atom. The smallest absolute Gasteiger partial charge is 0.390 e. The lowest BCUT2D eigenvalue weighted by molar-refractivity contribution is -0.346. The van der Waals surface area contributed by atoms with Gasteiger partial charge in [-0.15, -0.1) is 0 Å². The number of nitrogens with two attached hydrogens (primary N) is 3. The first-order chi connectivity index (χ1) is 32.6. The SMILES string of the molecule is NC1C(O[C@H]2CO[C@@H](O[C@@H]3C(COS(=O)(=O)O)O[C@H](O)C(N)[C@H]3O)C[C@@H]2O)OC(COS(=O)(=O)O)[C@@H](O[C@H]2C[C@H](O)C(O[C@@H]3OC(COS(=O)(=O)O)[C@@H](O[C@H]4C[C@H](O)[C@H](O)CO4)[C@H](O)C3N)CO2)[C@@H]1O. The minimum absolute atomic E-state index is 0.279. The van der Waals surface area contributed by atoms with Crippen molar-refractivity contribution >= 4 is 31.2 Å². The van der Waals surface area contributed by atoms with Crippen molar-refractivity contribution in [1.29, 1.82) is 0 Å². The molecule has 0 amide bonds. The summed E-state index contributed by atoms with van der Waals surface area (Å²) in [6.07, 6.45) is -33.4. The molecule has 0 aromatic rings. The van der Waals surface area contributed by atoms with Crippen LogP contribution >= 0.6 is 0 Å². The highest BCUT2D eigenvalue weighted by Crippen LogP contribution is 2.34. The molecule has 6 rings (SSSR count). The summed E-state index contributed by atoms with van der Waals surface area (Å²) in [6, 6.07) is -4.52. The molecule has 410 valence electrons. The van der Waals surface area contributed by atoms with Crippen molar-refractivity contribution in [2.45, 2.75) is 167 Å². The van der Waals surface area contributed by atoms with Crippen LogP contribution < -0.4 is 17.2 Å². The summed E-state index contributed by atoms with van der Waals surface area (Å²) in [4.78, 5) is 0. The lowest BCUT2D eigenvalue weighted by Gasteiger charge is -2.47. The molecule has 34 nitrogen and oxygen atoms in total. The number of aliphatic hydroxyl groups excluding tert-OH is 8. The zero-order valence-electron chi connectivity index (χ0n) is 36.3. The molecule has 0 aromatic heterocycles. The molecule has 6 fully saturated rings. The van der Waals surface area contributed by atoms with E-state index in [1.807, 2.05) is 0 Å². The summed E-state index contributed by atoms with van der Waals surface area (Å²) in [5, 5.41) is 85.2. The fourth-order valence-electron chi connectivity index (χ4n) is 8.06. The largest absolute Gasteiger partial charge is 0.397 e. The van der Waals surface area contributed by atoms with Crippen LogP contribution in [-0.2, 0) is 95.9 Å². The number of rotatable bonds is 19. The van der Waals surface area contributed by atoms with Gasteiger partial charge < -0.3 is 110 Å². The molecule has 0 aromatic carbocycles. The third kappa shape index (κ3) is 15.6. The summed E-state index contributed by atoms with van der Waals surface area (Å²) in [7, 11) is -15.2. The van der Waals surface area contributed by atoms with Gasteiger partial charge in [0.05, 0.1) is 76.1 Å². The minimum Gasteiger partial charge on any atom is -0.390 e. The molecule has 0 radical (unpaired) electrons. The number of aliphatic hydroxyl groups is 8. The standard InChI is InChI=1S/C33H59N3O31S3/c34-22-25(41)28(16(60-31(22)44)7-57-68(45,46)47)66-20-2-11(38)14(5-55-20)61-33-24(36)27(43)30(18(64-33)9-59-70(51,52)53)67-21-3-12(39)15(6-56-21)62-32-23(35)26(42)29(17(63-32)8-58-69(48,49)50)65-19-1-10(37)13(40)4-54-19/h10-33,37-44H,1-9,34-36H2,(H,45,46,47)(H,48,49,50)(H,51,52,53)/t10-,11-,12-,13+,14-,15?,16?,17?,18?,19-,20-,21-,22?,23?,24?,25+,26+,27+,28+,29+,30+,31-,32+,33?/m0/s1. The second kappa shape index (κ2) is 24.2. The Morgan fingerprint density at radius 3 is 1.10 bits per heavy atom. The van der Waals surface area contributed by atoms with Crippen LogP contribution in [0.3, 0.4) is 0 Å². The van der Waals surface area contributed by atoms with Crippen LogP contribution in [0.2, 0.25) is 0 Å². The summed E-state index contributed by atoms with van der Waals surface area (Å²) in [6.45, 7) is -4.36. The van der Waals surface area contributed by atoms with Gasteiger partial charge in [0.2, 0.25) is 0 Å². The lowest BCUT2D eigenvalue weighted by atomic mass is 9.96. The monoisotopic (exact) mass is 1090 g/mol. The van der Waals surface area contributed by atoms with Crippen LogP contribution in [0.25, 0.3) is 0 Å². The van der Waals surface area contributed by atoms with Crippen molar-refractivity contribution in [3.8, 4) is 0 Å². The molecule has 0 saturated carbocycles. The maximum Gasteiger partial charge on any atom is 0.397 e. The van der Waals surface area contributed by atoms with Gasteiger partial charge in [-0.05, 0) is 0 Å². The quantitative estimate of drug-likeness (QED) is 0.0534. The molecule has 6 saturated heterocycles. The third-order valence-corrected chi connectivity index (χ3v) is 13.1. The van der Waals surface area contributed by atoms with Crippen LogP contribution in [0.15, 0.2) is 0 Å². The van der Waals surface area contributed by atoms with Crippen LogP contribution in [0.4, 0.5) is 0 Å². The van der Waals surface area contributed by atoms with Crippen molar-refractivity contribution in [2.24, 2.45) is 17.2 Å². The van der Waals surface area contributed by atoms with E-state index in [4.69, 9.17) is 73.9 Å². The van der Waals surface area contributed by atoms with Crippen molar-refractivity contribution < 1.29 is 144 Å². The molecule has 6 aliphatic heterocycles. The van der Waals surface area contributed by atoms with E-state index in [2.05, 4.69) is 12.5 Å². The number of hydrogen-bond acceptors (Lipinski definition) is 31. The Hall–Kier alpha value is -1.27. The first-order valence-electron chi connectivity index (χ1n) is 21.2. The van der Waals surface area contributed by atoms with E-state index in [0.717, 1.165) is 0 Å². The van der Waals surface area contributed by atoms with Crippen molar-refractivity contribution in [3.63, 3.8) is 0 Å². The first-order valence-corrected chi connectivity index (χ1v) is 25.3. The van der Waals surface area contributed by atoms with Gasteiger partial charge >= 0.3 is 31.2 Å². The van der Waals surface area contributed by atoms with Gasteiger partial charge in [0.25, 0.3) is 0 Å². The van der Waals surface area contributed by atoms with Crippen molar-refractivity contribution in [2.75, 3.05) is 39.6 Å². The molecule has 6 heterocycles. The minimum atomic E-state index is -5.15. The molecule has 0 spiro atoms. The van der Waals surface area contributed by atoms with Gasteiger partial charge in [0.15, 0.2) is 37.7 Å². The van der Waals surface area contributed by atoms with Gasteiger partial charge in [-0.2, -0.15) is 25.3 Å². The normalized spacial score (nSPS) is 45.9. The maximum absolute atomic E-state index is 11.6. The summed E-state index contributed by atoms with van der Waals surface area (Å²) >= 11 is 0. The first kappa shape index (κ1) is 58.0. The van der Waals surface area contributed by atoms with Gasteiger partial charge in [0.1, 0.15) is 73.2 Å². The highest BCUT2D eigenvalue weighted by molar-refractivity contribution is 7.81. The second-order valence-corrected chi connectivity index (χ2v) is 20.2. The van der Waals surface area contributed by atoms with Gasteiger partial charge in [-0.1, -0.05) is 0 Å². The van der Waals surface area contributed by atoms with Gasteiger partial charge in [-0.3, -0.25) is 13.7 Å². The fourth-order valence-corrected chi connectivity index (χ4v) is 8.98. The van der Waals surface area contributed by atoms with E-state index < -0.39 is 224 Å². The molecule has 8 unspecified atom stereocenters. The number of ether oxygens (including phenoxy) is 11. The Labute approximate surface area is 398 Å². The topological polar surface area (TPSA) is 532 Å². The van der Waals surface area contributed by atoms with Gasteiger partial charge in [0, 0.05) is 19.3 Å². The van der Waals surface area contributed by atoms with Crippen molar-refractivity contribution in [1.82, 2.24) is 0 Å². The zero-order chi connectivity index (χ0) is 51.6.